The summed E-state index contributed by atoms with van der Waals surface area (Å²) in [5.74, 6) is 0.216. The van der Waals surface area contributed by atoms with E-state index < -0.39 is 10.2 Å². The number of nitrogens with zero attached hydrogens (tertiary/aromatic N) is 1. The van der Waals surface area contributed by atoms with Gasteiger partial charge in [0.05, 0.1) is 6.54 Å². The molecule has 2 aromatic carbocycles. The molecule has 0 radical (unpaired) electrons. The largest absolute Gasteiger partial charge is 0.489 e. The summed E-state index contributed by atoms with van der Waals surface area (Å²) in [5, 5.41) is 0. The van der Waals surface area contributed by atoms with Crippen molar-refractivity contribution >= 4 is 10.2 Å². The Morgan fingerprint density at radius 1 is 1.12 bits per heavy atom. The predicted molar refractivity (Wildman–Crippen MR) is 93.8 cm³/mol. The third-order valence-corrected chi connectivity index (χ3v) is 5.62. The highest BCUT2D eigenvalue weighted by atomic mass is 32.2. The molecule has 1 fully saturated rings. The van der Waals surface area contributed by atoms with E-state index in [1.54, 1.807) is 12.1 Å². The van der Waals surface area contributed by atoms with Crippen LogP contribution in [0, 0.1) is 5.82 Å². The van der Waals surface area contributed by atoms with E-state index in [-0.39, 0.29) is 25.0 Å². The second-order valence-corrected chi connectivity index (χ2v) is 7.76. The second-order valence-electron chi connectivity index (χ2n) is 6.01. The average Bonchev–Trinajstić information content (AvgIpc) is 2.63. The molecule has 1 saturated heterocycles. The van der Waals surface area contributed by atoms with Crippen LogP contribution in [0.25, 0.3) is 0 Å². The van der Waals surface area contributed by atoms with Gasteiger partial charge in [0.25, 0.3) is 10.2 Å². The van der Waals surface area contributed by atoms with Gasteiger partial charge in [-0.25, -0.2) is 4.39 Å². The van der Waals surface area contributed by atoms with Gasteiger partial charge in [-0.15, -0.1) is 0 Å². The summed E-state index contributed by atoms with van der Waals surface area (Å²) in [4.78, 5) is 0. The van der Waals surface area contributed by atoms with E-state index in [0.717, 1.165) is 18.4 Å². The quantitative estimate of drug-likeness (QED) is 0.857. The fraction of sp³-hybridized carbons (Fsp3) is 0.333. The molecule has 25 heavy (non-hydrogen) atoms. The molecular weight excluding hydrogens is 343 g/mol. The molecule has 0 amide bonds. The number of benzene rings is 2. The van der Waals surface area contributed by atoms with E-state index in [9.17, 15) is 12.8 Å². The Kier molecular flexibility index (Phi) is 5.67. The van der Waals surface area contributed by atoms with Gasteiger partial charge in [-0.2, -0.15) is 17.4 Å². The van der Waals surface area contributed by atoms with Crippen molar-refractivity contribution in [1.29, 1.82) is 0 Å². The van der Waals surface area contributed by atoms with Crippen molar-refractivity contribution in [3.63, 3.8) is 0 Å². The van der Waals surface area contributed by atoms with Crippen LogP contribution in [0.2, 0.25) is 0 Å². The van der Waals surface area contributed by atoms with Crippen molar-refractivity contribution in [3.8, 4) is 5.75 Å². The van der Waals surface area contributed by atoms with Crippen LogP contribution in [-0.2, 0) is 16.8 Å². The van der Waals surface area contributed by atoms with Gasteiger partial charge in [0, 0.05) is 13.1 Å². The first-order chi connectivity index (χ1) is 12.0. The van der Waals surface area contributed by atoms with Gasteiger partial charge in [-0.1, -0.05) is 30.3 Å². The first-order valence-electron chi connectivity index (χ1n) is 8.24. The zero-order valence-electron chi connectivity index (χ0n) is 13.8. The smallest absolute Gasteiger partial charge is 0.279 e. The maximum Gasteiger partial charge on any atom is 0.279 e. The molecule has 0 spiro atoms. The van der Waals surface area contributed by atoms with Gasteiger partial charge < -0.3 is 4.74 Å². The Balaban J connectivity index is 1.58. The van der Waals surface area contributed by atoms with E-state index in [1.807, 2.05) is 30.3 Å². The first-order valence-corrected chi connectivity index (χ1v) is 9.68. The fourth-order valence-corrected chi connectivity index (χ4v) is 4.05. The number of halogens is 1. The Morgan fingerprint density at radius 3 is 2.56 bits per heavy atom. The molecule has 134 valence electrons. The number of nitrogens with one attached hydrogen (secondary N) is 1. The van der Waals surface area contributed by atoms with E-state index in [2.05, 4.69) is 4.72 Å². The van der Waals surface area contributed by atoms with Gasteiger partial charge in [0.1, 0.15) is 17.7 Å². The van der Waals surface area contributed by atoms with Gasteiger partial charge in [0.15, 0.2) is 0 Å². The van der Waals surface area contributed by atoms with Crippen LogP contribution < -0.4 is 9.46 Å². The number of piperidine rings is 1. The number of hydrogen-bond donors (Lipinski definition) is 1. The van der Waals surface area contributed by atoms with Crippen molar-refractivity contribution in [3.05, 3.63) is 66.0 Å². The molecule has 5 nitrogen and oxygen atoms in total. The number of hydrogen-bond acceptors (Lipinski definition) is 3. The molecule has 1 aliphatic rings. The lowest BCUT2D eigenvalue weighted by molar-refractivity contribution is 0.129. The highest BCUT2D eigenvalue weighted by Crippen LogP contribution is 2.20. The summed E-state index contributed by atoms with van der Waals surface area (Å²) >= 11 is 0. The predicted octanol–water partition coefficient (Wildman–Crippen LogP) is 2.70. The van der Waals surface area contributed by atoms with Crippen molar-refractivity contribution in [2.24, 2.45) is 0 Å². The number of rotatable bonds is 6. The molecule has 1 unspecified atom stereocenters. The maximum atomic E-state index is 13.0. The van der Waals surface area contributed by atoms with Crippen LogP contribution in [0.15, 0.2) is 54.6 Å². The van der Waals surface area contributed by atoms with Crippen LogP contribution in [0.3, 0.4) is 0 Å². The SMILES string of the molecule is O=S(=O)(NCc1ccccc1)N1CCCC(Oc2ccc(F)cc2)C1. The molecule has 1 atom stereocenters. The lowest BCUT2D eigenvalue weighted by Crippen LogP contribution is -2.48. The molecule has 1 heterocycles. The topological polar surface area (TPSA) is 58.6 Å². The molecule has 1 N–H and O–H groups in total. The minimum atomic E-state index is -3.57. The van der Waals surface area contributed by atoms with Crippen molar-refractivity contribution in [2.75, 3.05) is 13.1 Å². The molecule has 3 rings (SSSR count). The molecule has 0 bridgehead atoms. The van der Waals surface area contributed by atoms with Gasteiger partial charge in [-0.05, 0) is 42.7 Å². The zero-order chi connectivity index (χ0) is 17.7. The minimum Gasteiger partial charge on any atom is -0.489 e. The summed E-state index contributed by atoms with van der Waals surface area (Å²) in [5.41, 5.74) is 0.905. The molecule has 0 saturated carbocycles. The van der Waals surface area contributed by atoms with Gasteiger partial charge in [-0.3, -0.25) is 0 Å². The minimum absolute atomic E-state index is 0.243. The first kappa shape index (κ1) is 17.8. The lowest BCUT2D eigenvalue weighted by atomic mass is 10.1. The zero-order valence-corrected chi connectivity index (χ0v) is 14.6. The fourth-order valence-electron chi connectivity index (χ4n) is 2.79. The Bertz CT molecular complexity index is 782. The average molecular weight is 364 g/mol. The van der Waals surface area contributed by atoms with Crippen molar-refractivity contribution < 1.29 is 17.5 Å². The summed E-state index contributed by atoms with van der Waals surface area (Å²) < 4.78 is 47.8. The highest BCUT2D eigenvalue weighted by Gasteiger charge is 2.29. The second kappa shape index (κ2) is 7.95. The van der Waals surface area contributed by atoms with Gasteiger partial charge in [0.2, 0.25) is 0 Å². The Morgan fingerprint density at radius 2 is 1.84 bits per heavy atom. The Hall–Kier alpha value is -1.96. The summed E-state index contributed by atoms with van der Waals surface area (Å²) in [6.45, 7) is 0.998. The highest BCUT2D eigenvalue weighted by molar-refractivity contribution is 7.87. The maximum absolute atomic E-state index is 13.0. The molecule has 0 aromatic heterocycles. The normalized spacial score (nSPS) is 18.8. The third-order valence-electron chi connectivity index (χ3n) is 4.10. The monoisotopic (exact) mass is 364 g/mol. The third kappa shape index (κ3) is 5.01. The lowest BCUT2D eigenvalue weighted by Gasteiger charge is -2.32. The van der Waals surface area contributed by atoms with Crippen LogP contribution in [0.1, 0.15) is 18.4 Å². The molecule has 2 aromatic rings. The van der Waals surface area contributed by atoms with Crippen LogP contribution >= 0.6 is 0 Å². The van der Waals surface area contributed by atoms with E-state index >= 15 is 0 Å². The summed E-state index contributed by atoms with van der Waals surface area (Å²) in [7, 11) is -3.57. The van der Waals surface area contributed by atoms with E-state index in [0.29, 0.717) is 12.3 Å². The Labute approximate surface area is 147 Å². The van der Waals surface area contributed by atoms with Crippen LogP contribution in [-0.4, -0.2) is 31.9 Å². The summed E-state index contributed by atoms with van der Waals surface area (Å²) in [6, 6.07) is 15.1. The van der Waals surface area contributed by atoms with E-state index in [1.165, 1.54) is 16.4 Å². The molecular formula is C18H21FN2O3S. The standard InChI is InChI=1S/C18H21FN2O3S/c19-16-8-10-17(11-9-16)24-18-7-4-12-21(14-18)25(22,23)20-13-15-5-2-1-3-6-15/h1-3,5-6,8-11,18,20H,4,7,12-14H2. The molecule has 7 heteroatoms. The number of ether oxygens (including phenoxy) is 1. The van der Waals surface area contributed by atoms with Crippen LogP contribution in [0.5, 0.6) is 5.75 Å². The van der Waals surface area contributed by atoms with Gasteiger partial charge >= 0.3 is 0 Å². The van der Waals surface area contributed by atoms with E-state index in [4.69, 9.17) is 4.74 Å². The van der Waals surface area contributed by atoms with Crippen molar-refractivity contribution in [1.82, 2.24) is 9.03 Å². The molecule has 1 aliphatic heterocycles. The van der Waals surface area contributed by atoms with Crippen molar-refractivity contribution in [2.45, 2.75) is 25.5 Å². The summed E-state index contributed by atoms with van der Waals surface area (Å²) in [6.07, 6.45) is 1.24. The van der Waals surface area contributed by atoms with Crippen LogP contribution in [0.4, 0.5) is 4.39 Å². The molecule has 0 aliphatic carbocycles.